The van der Waals surface area contributed by atoms with E-state index in [0.717, 1.165) is 19.3 Å². The monoisotopic (exact) mass is 465 g/mol. The number of benzene rings is 1. The minimum atomic E-state index is -2.40. The molecule has 1 unspecified atom stereocenters. The van der Waals surface area contributed by atoms with Gasteiger partial charge in [0, 0.05) is 18.8 Å². The molecular weight excluding hydrogens is 441 g/mol. The first kappa shape index (κ1) is 23.6. The minimum absolute atomic E-state index is 0.139. The fourth-order valence-electron chi connectivity index (χ4n) is 3.60. The number of hydrazine groups is 1. The van der Waals surface area contributed by atoms with Crippen LogP contribution in [0.4, 0.5) is 4.39 Å². The zero-order chi connectivity index (χ0) is 23.3. The smallest absolute Gasteiger partial charge is 0.291 e. The lowest BCUT2D eigenvalue weighted by atomic mass is 9.77. The van der Waals surface area contributed by atoms with Crippen LogP contribution in [0.5, 0.6) is 0 Å². The van der Waals surface area contributed by atoms with Crippen molar-refractivity contribution in [1.82, 2.24) is 20.4 Å². The second-order valence-corrected chi connectivity index (χ2v) is 8.33. The molecule has 2 atom stereocenters. The van der Waals surface area contributed by atoms with Crippen LogP contribution in [0.3, 0.4) is 0 Å². The van der Waals surface area contributed by atoms with Crippen LogP contribution in [0.25, 0.3) is 11.0 Å². The number of carbonyl (C=O) groups is 4. The van der Waals surface area contributed by atoms with Gasteiger partial charge in [-0.25, -0.2) is 14.4 Å². The highest BCUT2D eigenvalue weighted by Gasteiger charge is 2.32. The van der Waals surface area contributed by atoms with E-state index >= 15 is 0 Å². The van der Waals surface area contributed by atoms with Gasteiger partial charge in [-0.2, -0.15) is 0 Å². The van der Waals surface area contributed by atoms with Crippen molar-refractivity contribution >= 4 is 46.1 Å². The number of nitrogens with zero attached hydrogens (tertiary/aromatic N) is 2. The molecule has 1 saturated carbocycles. The topological polar surface area (TPSA) is 138 Å². The summed E-state index contributed by atoms with van der Waals surface area (Å²) in [7, 11) is 0. The van der Waals surface area contributed by atoms with Crippen LogP contribution >= 0.6 is 11.6 Å². The van der Waals surface area contributed by atoms with Crippen molar-refractivity contribution < 1.29 is 23.6 Å². The van der Waals surface area contributed by atoms with Crippen molar-refractivity contribution in [3.63, 3.8) is 0 Å². The highest BCUT2D eigenvalue weighted by atomic mass is 35.5. The zero-order valence-electron chi connectivity index (χ0n) is 17.4. The van der Waals surface area contributed by atoms with Gasteiger partial charge in [-0.1, -0.05) is 43.0 Å². The average molecular weight is 466 g/mol. The lowest BCUT2D eigenvalue weighted by molar-refractivity contribution is -0.145. The Bertz CT molecular complexity index is 974. The van der Waals surface area contributed by atoms with Gasteiger partial charge in [-0.3, -0.25) is 24.6 Å². The molecule has 3 amide bonds. The quantitative estimate of drug-likeness (QED) is 0.280. The van der Waals surface area contributed by atoms with Crippen LogP contribution in [-0.4, -0.2) is 50.7 Å². The molecule has 2 aromatic rings. The van der Waals surface area contributed by atoms with Crippen molar-refractivity contribution in [3.8, 4) is 0 Å². The summed E-state index contributed by atoms with van der Waals surface area (Å²) in [5, 5.41) is 0.643. The fourth-order valence-corrected chi connectivity index (χ4v) is 3.72. The Labute approximate surface area is 188 Å². The van der Waals surface area contributed by atoms with Crippen LogP contribution in [-0.2, 0) is 14.4 Å². The van der Waals surface area contributed by atoms with Gasteiger partial charge in [0.25, 0.3) is 11.5 Å². The number of hydrogen-bond acceptors (Lipinski definition) is 5. The molecule has 1 heterocycles. The molecule has 0 saturated heterocycles. The van der Waals surface area contributed by atoms with E-state index in [2.05, 4.69) is 15.4 Å². The number of hydrogen-bond donors (Lipinski definition) is 3. The van der Waals surface area contributed by atoms with Crippen LogP contribution in [0, 0.1) is 11.8 Å². The van der Waals surface area contributed by atoms with Crippen molar-refractivity contribution in [2.24, 2.45) is 17.6 Å². The Morgan fingerprint density at radius 3 is 2.59 bits per heavy atom. The Morgan fingerprint density at radius 1 is 1.28 bits per heavy atom. The molecule has 0 aliphatic heterocycles. The largest absolute Gasteiger partial charge is 0.370 e. The number of ketones is 1. The van der Waals surface area contributed by atoms with E-state index in [4.69, 9.17) is 17.3 Å². The Hall–Kier alpha value is -3.01. The summed E-state index contributed by atoms with van der Waals surface area (Å²) in [6.45, 7) is -0.333. The molecule has 0 radical (unpaired) electrons. The maximum atomic E-state index is 13.4. The minimum Gasteiger partial charge on any atom is -0.370 e. The molecule has 1 aliphatic rings. The summed E-state index contributed by atoms with van der Waals surface area (Å²) < 4.78 is 13.4. The number of imidazole rings is 1. The molecule has 0 bridgehead atoms. The number of alkyl halides is 2. The number of halogens is 2. The lowest BCUT2D eigenvalue weighted by Crippen LogP contribution is -2.51. The number of para-hydroxylation sites is 2. The maximum absolute atomic E-state index is 13.4. The Balaban J connectivity index is 1.73. The van der Waals surface area contributed by atoms with Gasteiger partial charge < -0.3 is 10.7 Å². The molecule has 32 heavy (non-hydrogen) atoms. The van der Waals surface area contributed by atoms with Crippen LogP contribution in [0.1, 0.15) is 49.1 Å². The predicted octanol–water partition coefficient (Wildman–Crippen LogP) is 2.21. The first-order chi connectivity index (χ1) is 15.2. The molecule has 9 nitrogen and oxygen atoms in total. The SMILES string of the molecule is NC(=O)CCN(NC(=O)[C@@H](CC(=O)c1nc2ccccc2[nH]1)CC1CCC1)C(=O)C(F)Cl. The third-order valence-electron chi connectivity index (χ3n) is 5.58. The number of fused-ring (bicyclic) bond motifs is 1. The highest BCUT2D eigenvalue weighted by molar-refractivity contribution is 6.29. The Kier molecular flexibility index (Phi) is 7.79. The van der Waals surface area contributed by atoms with Crippen molar-refractivity contribution in [2.45, 2.75) is 44.2 Å². The van der Waals surface area contributed by atoms with Crippen LogP contribution in [0.2, 0.25) is 0 Å². The summed E-state index contributed by atoms with van der Waals surface area (Å²) in [6, 6.07) is 7.17. The van der Waals surface area contributed by atoms with Gasteiger partial charge >= 0.3 is 0 Å². The van der Waals surface area contributed by atoms with Gasteiger partial charge in [0.1, 0.15) is 0 Å². The van der Waals surface area contributed by atoms with Crippen molar-refractivity contribution in [3.05, 3.63) is 30.1 Å². The second-order valence-electron chi connectivity index (χ2n) is 7.94. The molecule has 1 aromatic carbocycles. The third-order valence-corrected chi connectivity index (χ3v) is 5.77. The molecule has 1 fully saturated rings. The number of nitrogens with one attached hydrogen (secondary N) is 2. The normalized spacial score (nSPS) is 15.6. The van der Waals surface area contributed by atoms with E-state index in [0.29, 0.717) is 22.5 Å². The summed E-state index contributed by atoms with van der Waals surface area (Å²) in [6.07, 6.45) is 2.95. The third kappa shape index (κ3) is 6.03. The summed E-state index contributed by atoms with van der Waals surface area (Å²) in [4.78, 5) is 56.2. The number of aromatic amines is 1. The molecule has 4 N–H and O–H groups in total. The van der Waals surface area contributed by atoms with E-state index in [9.17, 15) is 23.6 Å². The second kappa shape index (κ2) is 10.5. The molecule has 172 valence electrons. The van der Waals surface area contributed by atoms with Gasteiger partial charge in [0.05, 0.1) is 17.6 Å². The summed E-state index contributed by atoms with van der Waals surface area (Å²) in [5.74, 6) is -3.26. The van der Waals surface area contributed by atoms with E-state index in [1.54, 1.807) is 18.2 Å². The van der Waals surface area contributed by atoms with Crippen LogP contribution in [0.15, 0.2) is 24.3 Å². The van der Waals surface area contributed by atoms with Gasteiger partial charge in [-0.15, -0.1) is 0 Å². The number of amides is 3. The van der Waals surface area contributed by atoms with E-state index in [1.165, 1.54) is 0 Å². The first-order valence-corrected chi connectivity index (χ1v) is 10.8. The number of rotatable bonds is 10. The first-order valence-electron chi connectivity index (χ1n) is 10.4. The lowest BCUT2D eigenvalue weighted by Gasteiger charge is -2.30. The average Bonchev–Trinajstić information content (AvgIpc) is 3.16. The maximum Gasteiger partial charge on any atom is 0.291 e. The molecular formula is C21H25ClFN5O4. The van der Waals surface area contributed by atoms with E-state index < -0.39 is 29.3 Å². The molecule has 11 heteroatoms. The zero-order valence-corrected chi connectivity index (χ0v) is 18.1. The summed E-state index contributed by atoms with van der Waals surface area (Å²) >= 11 is 5.23. The van der Waals surface area contributed by atoms with E-state index in [1.807, 2.05) is 6.07 Å². The number of Topliss-reactive ketones (excluding diaryl/α,β-unsaturated/α-hetero) is 1. The number of primary amides is 1. The van der Waals surface area contributed by atoms with Gasteiger partial charge in [0.2, 0.25) is 11.8 Å². The summed E-state index contributed by atoms with van der Waals surface area (Å²) in [5.41, 5.74) is 6.35. The molecule has 3 rings (SSSR count). The predicted molar refractivity (Wildman–Crippen MR) is 115 cm³/mol. The van der Waals surface area contributed by atoms with Gasteiger partial charge in [0.15, 0.2) is 11.6 Å². The molecule has 0 spiro atoms. The van der Waals surface area contributed by atoms with Crippen molar-refractivity contribution in [2.75, 3.05) is 6.54 Å². The number of H-pyrrole nitrogens is 1. The standard InChI is InChI=1S/C21H25ClFN5O4/c22-18(23)21(32)28(9-8-17(24)30)27-20(31)13(10-12-4-3-5-12)11-16(29)19-25-14-6-1-2-7-15(14)26-19/h1-2,6-7,12-13,18H,3-5,8-11H2,(H2,24,30)(H,25,26)(H,27,31)/t13-,18?/m1/s1. The molecule has 1 aliphatic carbocycles. The van der Waals surface area contributed by atoms with Gasteiger partial charge in [-0.05, 0) is 24.5 Å². The number of nitrogens with two attached hydrogens (primary N) is 1. The fraction of sp³-hybridized carbons (Fsp3) is 0.476. The number of aromatic nitrogens is 2. The molecule has 1 aromatic heterocycles. The van der Waals surface area contributed by atoms with E-state index in [-0.39, 0.29) is 36.9 Å². The Morgan fingerprint density at radius 2 is 2.00 bits per heavy atom. The van der Waals surface area contributed by atoms with Crippen molar-refractivity contribution in [1.29, 1.82) is 0 Å². The number of carbonyl (C=O) groups excluding carboxylic acids is 4. The highest BCUT2D eigenvalue weighted by Crippen LogP contribution is 2.33. The van der Waals surface area contributed by atoms with Crippen LogP contribution < -0.4 is 11.2 Å².